The van der Waals surface area contributed by atoms with Gasteiger partial charge in [-0.25, -0.2) is 22.9 Å². The van der Waals surface area contributed by atoms with Crippen LogP contribution in [0, 0.1) is 23.4 Å². The number of nitrogens with one attached hydrogen (secondary N) is 2. The Balaban J connectivity index is 1.50. The van der Waals surface area contributed by atoms with Crippen molar-refractivity contribution in [1.82, 2.24) is 15.3 Å². The molecule has 3 heterocycles. The molecule has 4 atom stereocenters. The maximum atomic E-state index is 15.0. The number of hydrogen-bond donors (Lipinski definition) is 4. The van der Waals surface area contributed by atoms with E-state index in [-0.39, 0.29) is 41.1 Å². The summed E-state index contributed by atoms with van der Waals surface area (Å²) in [5, 5.41) is 25.8. The standard InChI is InChI=1S/C35H44F3N5O6Si/c1-18-15-43(16-26(42-34(46)47)32(18)49-50(6,7)35(2,3)4)31-20-8-11-27(44)29(20)39-14-25(31)41-33(45)24-10-9-21(36)30(40-24)28-22(37)12-19(17-48-5)13-23(28)38/h9-10,12-14,18,26-27,32,42,44H,8,11,15-17H2,1-7H3,(H,41,45)(H,46,47)/t18-,26+,27?,32+/m0/s1. The topological polar surface area (TPSA) is 146 Å². The number of aliphatic hydroxyl groups excluding tert-OH is 1. The number of carboxylic acid groups (broad SMARTS) is 1. The zero-order valence-electron chi connectivity index (χ0n) is 29.2. The van der Waals surface area contributed by atoms with Crippen LogP contribution < -0.4 is 15.5 Å². The van der Waals surface area contributed by atoms with Crippen LogP contribution in [-0.4, -0.2) is 72.8 Å². The molecule has 2 aromatic heterocycles. The highest BCUT2D eigenvalue weighted by Crippen LogP contribution is 2.44. The molecule has 1 aromatic carbocycles. The Labute approximate surface area is 290 Å². The second-order valence-electron chi connectivity index (χ2n) is 14.6. The Hall–Kier alpha value is -4.05. The molecule has 0 saturated carbocycles. The van der Waals surface area contributed by atoms with Crippen LogP contribution in [0.25, 0.3) is 11.3 Å². The molecule has 5 rings (SSSR count). The van der Waals surface area contributed by atoms with Crippen molar-refractivity contribution in [3.8, 4) is 11.3 Å². The number of nitrogens with zero attached hydrogens (tertiary/aromatic N) is 3. The van der Waals surface area contributed by atoms with Crippen LogP contribution in [0.4, 0.5) is 29.3 Å². The maximum Gasteiger partial charge on any atom is 0.405 e. The summed E-state index contributed by atoms with van der Waals surface area (Å²) in [5.74, 6) is -4.11. The van der Waals surface area contributed by atoms with Crippen molar-refractivity contribution in [1.29, 1.82) is 0 Å². The molecule has 11 nitrogen and oxygen atoms in total. The summed E-state index contributed by atoms with van der Waals surface area (Å²) in [7, 11) is -0.939. The fraction of sp³-hybridized carbons (Fsp3) is 0.486. The molecule has 1 fully saturated rings. The molecule has 15 heteroatoms. The third kappa shape index (κ3) is 7.50. The van der Waals surface area contributed by atoms with Gasteiger partial charge in [-0.2, -0.15) is 0 Å². The van der Waals surface area contributed by atoms with Crippen LogP contribution in [0.1, 0.15) is 67.5 Å². The highest BCUT2D eigenvalue weighted by Gasteiger charge is 2.45. The van der Waals surface area contributed by atoms with Crippen molar-refractivity contribution in [3.63, 3.8) is 0 Å². The van der Waals surface area contributed by atoms with Gasteiger partial charge < -0.3 is 34.9 Å². The Morgan fingerprint density at radius 1 is 1.10 bits per heavy atom. The van der Waals surface area contributed by atoms with Crippen LogP contribution in [-0.2, 0) is 22.2 Å². The number of fused-ring (bicyclic) bond motifs is 1. The summed E-state index contributed by atoms with van der Waals surface area (Å²) >= 11 is 0. The first-order valence-electron chi connectivity index (χ1n) is 16.5. The Morgan fingerprint density at radius 3 is 2.40 bits per heavy atom. The smallest absolute Gasteiger partial charge is 0.405 e. The molecule has 2 amide bonds. The summed E-state index contributed by atoms with van der Waals surface area (Å²) in [4.78, 5) is 36.1. The van der Waals surface area contributed by atoms with E-state index >= 15 is 8.78 Å². The molecular weight excluding hydrogens is 671 g/mol. The normalized spacial score (nSPS) is 20.8. The van der Waals surface area contributed by atoms with Gasteiger partial charge in [-0.15, -0.1) is 0 Å². The van der Waals surface area contributed by atoms with Gasteiger partial charge in [-0.1, -0.05) is 27.7 Å². The number of halogens is 3. The summed E-state index contributed by atoms with van der Waals surface area (Å²) < 4.78 is 56.7. The van der Waals surface area contributed by atoms with Crippen molar-refractivity contribution < 1.29 is 42.1 Å². The first kappa shape index (κ1) is 37.2. The lowest BCUT2D eigenvalue weighted by molar-refractivity contribution is 0.0721. The number of carbonyl (C=O) groups excluding carboxylic acids is 1. The molecule has 3 aromatic rings. The number of benzene rings is 1. The second kappa shape index (κ2) is 14.3. The fourth-order valence-corrected chi connectivity index (χ4v) is 7.87. The van der Waals surface area contributed by atoms with Gasteiger partial charge >= 0.3 is 6.09 Å². The van der Waals surface area contributed by atoms with Crippen molar-refractivity contribution >= 4 is 31.7 Å². The Bertz CT molecular complexity index is 1770. The minimum Gasteiger partial charge on any atom is -0.465 e. The molecular formula is C35H44F3N5O6Si. The molecule has 270 valence electrons. The van der Waals surface area contributed by atoms with Gasteiger partial charge in [-0.05, 0) is 60.8 Å². The number of ether oxygens (including phenoxy) is 1. The molecule has 1 aliphatic carbocycles. The zero-order valence-corrected chi connectivity index (χ0v) is 30.2. The van der Waals surface area contributed by atoms with Gasteiger partial charge in [-0.3, -0.25) is 9.78 Å². The predicted molar refractivity (Wildman–Crippen MR) is 184 cm³/mol. The SMILES string of the molecule is COCc1cc(F)c(-c2nc(C(=O)Nc3cnc4c(c3N3C[C@H](C)[C@@H](O[Si](C)(C)C(C)(C)C)[C@H](NC(=O)O)C3)CCC4O)ccc2F)c(F)c1. The predicted octanol–water partition coefficient (Wildman–Crippen LogP) is 6.42. The van der Waals surface area contributed by atoms with Gasteiger partial charge in [0, 0.05) is 31.7 Å². The first-order chi connectivity index (χ1) is 23.4. The van der Waals surface area contributed by atoms with E-state index in [0.717, 1.165) is 24.3 Å². The monoisotopic (exact) mass is 715 g/mol. The van der Waals surface area contributed by atoms with Crippen molar-refractivity contribution in [2.45, 2.75) is 83.5 Å². The molecule has 4 N–H and O–H groups in total. The molecule has 0 bridgehead atoms. The molecule has 0 spiro atoms. The Morgan fingerprint density at radius 2 is 1.78 bits per heavy atom. The number of pyridine rings is 2. The maximum absolute atomic E-state index is 15.0. The number of anilines is 2. The molecule has 1 unspecified atom stereocenters. The number of carbonyl (C=O) groups is 2. The number of rotatable bonds is 9. The molecule has 1 aliphatic heterocycles. The van der Waals surface area contributed by atoms with Crippen LogP contribution in [0.15, 0.2) is 30.5 Å². The minimum absolute atomic E-state index is 0.0616. The van der Waals surface area contributed by atoms with Gasteiger partial charge in [0.15, 0.2) is 8.32 Å². The number of piperidine rings is 1. The zero-order chi connectivity index (χ0) is 36.7. The van der Waals surface area contributed by atoms with E-state index in [0.29, 0.717) is 36.3 Å². The van der Waals surface area contributed by atoms with Gasteiger partial charge in [0.05, 0.1) is 53.7 Å². The van der Waals surface area contributed by atoms with E-state index in [1.807, 2.05) is 11.8 Å². The fourth-order valence-electron chi connectivity index (χ4n) is 6.44. The van der Waals surface area contributed by atoms with E-state index in [9.17, 15) is 24.2 Å². The summed E-state index contributed by atoms with van der Waals surface area (Å²) in [6.07, 6.45) is -0.177. The lowest BCUT2D eigenvalue weighted by Gasteiger charge is -2.48. The quantitative estimate of drug-likeness (QED) is 0.184. The van der Waals surface area contributed by atoms with E-state index in [4.69, 9.17) is 9.16 Å². The molecule has 1 saturated heterocycles. The number of amides is 2. The van der Waals surface area contributed by atoms with Crippen molar-refractivity contribution in [3.05, 3.63) is 70.4 Å². The van der Waals surface area contributed by atoms with E-state index in [2.05, 4.69) is 54.5 Å². The number of aromatic nitrogens is 2. The number of hydrogen-bond acceptors (Lipinski definition) is 8. The summed E-state index contributed by atoms with van der Waals surface area (Å²) in [5.41, 5.74) is 0.462. The van der Waals surface area contributed by atoms with E-state index < -0.39 is 67.3 Å². The average Bonchev–Trinajstić information content (AvgIpc) is 3.38. The third-order valence-electron chi connectivity index (χ3n) is 9.89. The first-order valence-corrected chi connectivity index (χ1v) is 19.4. The van der Waals surface area contributed by atoms with Crippen LogP contribution in [0.3, 0.4) is 0 Å². The highest BCUT2D eigenvalue weighted by molar-refractivity contribution is 6.74. The van der Waals surface area contributed by atoms with E-state index in [1.165, 1.54) is 13.3 Å². The van der Waals surface area contributed by atoms with Gasteiger partial charge in [0.25, 0.3) is 5.91 Å². The molecule has 50 heavy (non-hydrogen) atoms. The third-order valence-corrected chi connectivity index (χ3v) is 14.4. The lowest BCUT2D eigenvalue weighted by atomic mass is 9.91. The Kier molecular flexibility index (Phi) is 10.6. The minimum atomic E-state index is -2.31. The second-order valence-corrected chi connectivity index (χ2v) is 19.3. The largest absolute Gasteiger partial charge is 0.465 e. The number of aliphatic hydroxyl groups is 1. The van der Waals surface area contributed by atoms with Crippen LogP contribution in [0.5, 0.6) is 0 Å². The lowest BCUT2D eigenvalue weighted by Crippen LogP contribution is -2.62. The summed E-state index contributed by atoms with van der Waals surface area (Å²) in [6, 6.07) is 3.41. The average molecular weight is 716 g/mol. The molecule has 0 radical (unpaired) electrons. The molecule has 2 aliphatic rings. The van der Waals surface area contributed by atoms with Crippen molar-refractivity contribution in [2.24, 2.45) is 5.92 Å². The van der Waals surface area contributed by atoms with Crippen molar-refractivity contribution in [2.75, 3.05) is 30.4 Å². The van der Waals surface area contributed by atoms with Crippen LogP contribution in [0.2, 0.25) is 18.1 Å². The number of methoxy groups -OCH3 is 1. The van der Waals surface area contributed by atoms with E-state index in [1.54, 1.807) is 0 Å². The van der Waals surface area contributed by atoms with Gasteiger partial charge in [0.1, 0.15) is 28.8 Å². The summed E-state index contributed by atoms with van der Waals surface area (Å²) in [6.45, 7) is 13.1. The van der Waals surface area contributed by atoms with Gasteiger partial charge in [0.2, 0.25) is 0 Å². The highest BCUT2D eigenvalue weighted by atomic mass is 28.4. The van der Waals surface area contributed by atoms with Crippen LogP contribution >= 0.6 is 0 Å².